The third-order valence-electron chi connectivity index (χ3n) is 6.71. The molecule has 1 aliphatic heterocycles. The van der Waals surface area contributed by atoms with Crippen molar-refractivity contribution in [2.24, 2.45) is 0 Å². The summed E-state index contributed by atoms with van der Waals surface area (Å²) in [5, 5.41) is 4.08. The maximum absolute atomic E-state index is 12.1. The zero-order valence-corrected chi connectivity index (χ0v) is 20.6. The molecule has 9 nitrogen and oxygen atoms in total. The van der Waals surface area contributed by atoms with Gasteiger partial charge >= 0.3 is 5.69 Å². The van der Waals surface area contributed by atoms with Crippen molar-refractivity contribution < 1.29 is 4.79 Å². The highest BCUT2D eigenvalue weighted by Gasteiger charge is 2.25. The van der Waals surface area contributed by atoms with Crippen LogP contribution in [0.2, 0.25) is 0 Å². The molecule has 4 rings (SSSR count). The fourth-order valence-electron chi connectivity index (χ4n) is 4.70. The lowest BCUT2D eigenvalue weighted by atomic mass is 9.98. The lowest BCUT2D eigenvalue weighted by Crippen LogP contribution is -2.49. The highest BCUT2D eigenvalue weighted by molar-refractivity contribution is 5.87. The Bertz CT molecular complexity index is 1250. The lowest BCUT2D eigenvalue weighted by Gasteiger charge is -2.39. The number of amides is 1. The van der Waals surface area contributed by atoms with Gasteiger partial charge in [-0.25, -0.2) is 14.8 Å². The largest absolute Gasteiger partial charge is 0.349 e. The van der Waals surface area contributed by atoms with Crippen LogP contribution >= 0.6 is 0 Å². The molecule has 1 aliphatic rings. The predicted molar refractivity (Wildman–Crippen MR) is 137 cm³/mol. The van der Waals surface area contributed by atoms with Crippen molar-refractivity contribution >= 4 is 22.9 Å². The summed E-state index contributed by atoms with van der Waals surface area (Å²) in [6.07, 6.45) is 5.59. The summed E-state index contributed by atoms with van der Waals surface area (Å²) in [6.45, 7) is 13.4. The van der Waals surface area contributed by atoms with Crippen LogP contribution in [0.3, 0.4) is 0 Å². The van der Waals surface area contributed by atoms with Crippen molar-refractivity contribution in [1.82, 2.24) is 29.3 Å². The average Bonchev–Trinajstić information content (AvgIpc) is 2.89. The number of benzene rings is 1. The number of piperazine rings is 1. The van der Waals surface area contributed by atoms with Gasteiger partial charge in [0.05, 0.1) is 11.4 Å². The van der Waals surface area contributed by atoms with Gasteiger partial charge in [0, 0.05) is 51.2 Å². The van der Waals surface area contributed by atoms with Crippen molar-refractivity contribution in [2.45, 2.75) is 45.8 Å². The SMILES string of the molecule is C=CC(=O)N1CCN(C(CC)c2ccc([C@H](C)Nc3ncc4cnc(=O)n(CC)c4n3)cc2)CC1. The molecular formula is C26H33N7O2. The molecule has 1 unspecified atom stereocenters. The second kappa shape index (κ2) is 10.8. The van der Waals surface area contributed by atoms with Crippen molar-refractivity contribution in [3.8, 4) is 0 Å². The maximum Gasteiger partial charge on any atom is 0.349 e. The van der Waals surface area contributed by atoms with Crippen LogP contribution in [0, 0.1) is 0 Å². The second-order valence-corrected chi connectivity index (χ2v) is 8.78. The topological polar surface area (TPSA) is 96.3 Å². The van der Waals surface area contributed by atoms with Crippen molar-refractivity contribution in [3.05, 3.63) is 70.9 Å². The minimum absolute atomic E-state index is 0.00794. The Labute approximate surface area is 205 Å². The molecule has 0 spiro atoms. The molecular weight excluding hydrogens is 442 g/mol. The van der Waals surface area contributed by atoms with E-state index in [1.54, 1.807) is 10.8 Å². The molecule has 0 aliphatic carbocycles. The first kappa shape index (κ1) is 24.5. The fraction of sp³-hybridized carbons (Fsp3) is 0.423. The van der Waals surface area contributed by atoms with Gasteiger partial charge in [0.2, 0.25) is 11.9 Å². The molecule has 184 valence electrons. The number of hydrogen-bond donors (Lipinski definition) is 1. The summed E-state index contributed by atoms with van der Waals surface area (Å²) in [4.78, 5) is 41.1. The highest BCUT2D eigenvalue weighted by Crippen LogP contribution is 2.27. The third-order valence-corrected chi connectivity index (χ3v) is 6.71. The zero-order chi connectivity index (χ0) is 24.9. The number of aromatic nitrogens is 4. The van der Waals surface area contributed by atoms with E-state index in [-0.39, 0.29) is 17.6 Å². The van der Waals surface area contributed by atoms with Crippen LogP contribution in [-0.2, 0) is 11.3 Å². The molecule has 1 aromatic carbocycles. The molecule has 1 amide bonds. The molecule has 1 saturated heterocycles. The van der Waals surface area contributed by atoms with Crippen LogP contribution in [0.5, 0.6) is 0 Å². The highest BCUT2D eigenvalue weighted by atomic mass is 16.2. The standard InChI is InChI=1S/C26H33N7O2/c1-5-22(31-12-14-32(15-13-31)23(34)6-2)20-10-8-19(9-11-20)18(4)29-25-27-16-21-17-28-26(35)33(7-3)24(21)30-25/h6,8-11,16-18,22H,2,5,7,12-15H2,1,3-4H3,(H,27,29,30)/t18-,22?/m0/s1. The van der Waals surface area contributed by atoms with Gasteiger partial charge in [-0.2, -0.15) is 4.98 Å². The first-order chi connectivity index (χ1) is 16.9. The summed E-state index contributed by atoms with van der Waals surface area (Å²) in [5.74, 6) is 0.480. The molecule has 2 aromatic heterocycles. The molecule has 0 bridgehead atoms. The maximum atomic E-state index is 12.1. The zero-order valence-electron chi connectivity index (χ0n) is 20.6. The summed E-state index contributed by atoms with van der Waals surface area (Å²) < 4.78 is 1.54. The van der Waals surface area contributed by atoms with E-state index >= 15 is 0 Å². The number of fused-ring (bicyclic) bond motifs is 1. The average molecular weight is 476 g/mol. The van der Waals surface area contributed by atoms with E-state index in [1.807, 2.05) is 11.8 Å². The summed E-state index contributed by atoms with van der Waals surface area (Å²) in [7, 11) is 0. The molecule has 9 heteroatoms. The van der Waals surface area contributed by atoms with Crippen LogP contribution in [0.1, 0.15) is 50.4 Å². The smallest absolute Gasteiger partial charge is 0.348 e. The normalized spacial score (nSPS) is 16.1. The Morgan fingerprint density at radius 3 is 2.37 bits per heavy atom. The van der Waals surface area contributed by atoms with E-state index in [4.69, 9.17) is 0 Å². The molecule has 1 fully saturated rings. The number of carbonyl (C=O) groups is 1. The quantitative estimate of drug-likeness (QED) is 0.500. The van der Waals surface area contributed by atoms with Gasteiger partial charge in [0.25, 0.3) is 0 Å². The van der Waals surface area contributed by atoms with E-state index in [9.17, 15) is 9.59 Å². The molecule has 0 radical (unpaired) electrons. The Kier molecular flexibility index (Phi) is 7.55. The molecule has 2 atom stereocenters. The van der Waals surface area contributed by atoms with Crippen molar-refractivity contribution in [1.29, 1.82) is 0 Å². The molecule has 1 N–H and O–H groups in total. The summed E-state index contributed by atoms with van der Waals surface area (Å²) >= 11 is 0. The van der Waals surface area contributed by atoms with Crippen molar-refractivity contribution in [3.63, 3.8) is 0 Å². The van der Waals surface area contributed by atoms with Crippen LogP contribution in [0.25, 0.3) is 11.0 Å². The lowest BCUT2D eigenvalue weighted by molar-refractivity contribution is -0.128. The number of anilines is 1. The van der Waals surface area contributed by atoms with Gasteiger partial charge in [0.1, 0.15) is 0 Å². The van der Waals surface area contributed by atoms with Crippen LogP contribution in [-0.4, -0.2) is 61.4 Å². The Morgan fingerprint density at radius 1 is 1.09 bits per heavy atom. The first-order valence-electron chi connectivity index (χ1n) is 12.2. The van der Waals surface area contributed by atoms with E-state index in [2.05, 4.69) is 69.9 Å². The molecule has 3 aromatic rings. The van der Waals surface area contributed by atoms with Gasteiger partial charge in [-0.05, 0) is 37.5 Å². The monoisotopic (exact) mass is 475 g/mol. The second-order valence-electron chi connectivity index (χ2n) is 8.78. The van der Waals surface area contributed by atoms with E-state index in [1.165, 1.54) is 17.8 Å². The summed E-state index contributed by atoms with van der Waals surface area (Å²) in [5.41, 5.74) is 2.66. The van der Waals surface area contributed by atoms with Crippen molar-refractivity contribution in [2.75, 3.05) is 31.5 Å². The van der Waals surface area contributed by atoms with Gasteiger partial charge < -0.3 is 10.2 Å². The number of hydrogen-bond acceptors (Lipinski definition) is 7. The Morgan fingerprint density at radius 2 is 1.74 bits per heavy atom. The molecule has 35 heavy (non-hydrogen) atoms. The number of rotatable bonds is 8. The minimum atomic E-state index is -0.313. The van der Waals surface area contributed by atoms with Gasteiger partial charge in [0.15, 0.2) is 5.65 Å². The Hall–Kier alpha value is -3.59. The first-order valence-corrected chi connectivity index (χ1v) is 12.2. The van der Waals surface area contributed by atoms with Crippen LogP contribution < -0.4 is 11.0 Å². The summed E-state index contributed by atoms with van der Waals surface area (Å²) in [6, 6.07) is 8.95. The molecule has 3 heterocycles. The number of nitrogens with zero attached hydrogens (tertiary/aromatic N) is 6. The van der Waals surface area contributed by atoms with Gasteiger partial charge in [-0.15, -0.1) is 0 Å². The van der Waals surface area contributed by atoms with E-state index in [0.29, 0.717) is 24.2 Å². The third kappa shape index (κ3) is 5.24. The van der Waals surface area contributed by atoms with Gasteiger partial charge in [-0.3, -0.25) is 14.3 Å². The fourth-order valence-corrected chi connectivity index (χ4v) is 4.70. The number of aryl methyl sites for hydroxylation is 1. The van der Waals surface area contributed by atoms with E-state index < -0.39 is 0 Å². The van der Waals surface area contributed by atoms with Crippen LogP contribution in [0.4, 0.5) is 5.95 Å². The molecule has 0 saturated carbocycles. The van der Waals surface area contributed by atoms with E-state index in [0.717, 1.165) is 43.5 Å². The number of carbonyl (C=O) groups excluding carboxylic acids is 1. The predicted octanol–water partition coefficient (Wildman–Crippen LogP) is 3.16. The minimum Gasteiger partial charge on any atom is -0.348 e. The number of nitrogens with one attached hydrogen (secondary N) is 1. The Balaban J connectivity index is 1.45. The van der Waals surface area contributed by atoms with Gasteiger partial charge in [-0.1, -0.05) is 37.8 Å². The van der Waals surface area contributed by atoms with Crippen LogP contribution in [0.15, 0.2) is 54.1 Å².